The highest BCUT2D eigenvalue weighted by Crippen LogP contribution is 2.25. The molecule has 0 aliphatic rings. The first-order valence-corrected chi connectivity index (χ1v) is 10.8. The van der Waals surface area contributed by atoms with E-state index in [1.807, 2.05) is 23.7 Å². The number of aromatic nitrogens is 3. The fourth-order valence-corrected chi connectivity index (χ4v) is 3.81. The summed E-state index contributed by atoms with van der Waals surface area (Å²) >= 11 is 1.27. The quantitative estimate of drug-likeness (QED) is 0.305. The number of benzene rings is 2. The van der Waals surface area contributed by atoms with Gasteiger partial charge in [-0.1, -0.05) is 11.8 Å². The second kappa shape index (κ2) is 10.1. The van der Waals surface area contributed by atoms with Crippen LogP contribution in [0.15, 0.2) is 53.7 Å². The van der Waals surface area contributed by atoms with Gasteiger partial charge in [-0.2, -0.15) is 0 Å². The van der Waals surface area contributed by atoms with Crippen LogP contribution in [0.4, 0.5) is 17.1 Å². The van der Waals surface area contributed by atoms with Gasteiger partial charge >= 0.3 is 0 Å². The van der Waals surface area contributed by atoms with E-state index in [9.17, 15) is 14.9 Å². The van der Waals surface area contributed by atoms with Crippen LogP contribution in [0, 0.1) is 10.1 Å². The van der Waals surface area contributed by atoms with Crippen LogP contribution in [0.2, 0.25) is 0 Å². The summed E-state index contributed by atoms with van der Waals surface area (Å²) in [5, 5.41) is 22.5. The van der Waals surface area contributed by atoms with E-state index in [1.165, 1.54) is 36.0 Å². The smallest absolute Gasteiger partial charge is 0.269 e. The molecule has 1 N–H and O–H groups in total. The summed E-state index contributed by atoms with van der Waals surface area (Å²) in [5.74, 6) is 0.639. The number of anilines is 2. The van der Waals surface area contributed by atoms with Crippen molar-refractivity contribution in [2.24, 2.45) is 7.05 Å². The summed E-state index contributed by atoms with van der Waals surface area (Å²) in [6, 6.07) is 13.9. The molecular weight excluding hydrogens is 416 g/mol. The summed E-state index contributed by atoms with van der Waals surface area (Å²) in [6.45, 7) is 6.15. The van der Waals surface area contributed by atoms with Crippen molar-refractivity contribution >= 4 is 34.7 Å². The topological polar surface area (TPSA) is 106 Å². The van der Waals surface area contributed by atoms with Gasteiger partial charge in [0.05, 0.1) is 10.7 Å². The minimum Gasteiger partial charge on any atom is -0.372 e. The van der Waals surface area contributed by atoms with Gasteiger partial charge in [0.15, 0.2) is 11.0 Å². The van der Waals surface area contributed by atoms with Crippen LogP contribution >= 0.6 is 11.8 Å². The maximum absolute atomic E-state index is 12.2. The number of non-ortho nitro benzene ring substituents is 1. The summed E-state index contributed by atoms with van der Waals surface area (Å²) in [5.41, 5.74) is 2.59. The zero-order valence-electron chi connectivity index (χ0n) is 17.6. The summed E-state index contributed by atoms with van der Waals surface area (Å²) in [7, 11) is 1.87. The molecule has 0 unspecified atom stereocenters. The maximum atomic E-state index is 12.2. The van der Waals surface area contributed by atoms with E-state index in [0.29, 0.717) is 10.8 Å². The van der Waals surface area contributed by atoms with Gasteiger partial charge in [-0.15, -0.1) is 10.2 Å². The SMILES string of the molecule is CCN(CC)c1ccc(-c2nnc(SCC(=O)Nc3ccc([N+](=O)[O-])cc3)n2C)cc1. The molecular formula is C21H24N6O3S. The Bertz CT molecular complexity index is 1050. The van der Waals surface area contributed by atoms with Gasteiger partial charge in [-0.05, 0) is 50.2 Å². The second-order valence-corrected chi connectivity index (χ2v) is 7.67. The first kappa shape index (κ1) is 22.3. The minimum absolute atomic E-state index is 0.0240. The van der Waals surface area contributed by atoms with E-state index in [-0.39, 0.29) is 17.3 Å². The number of thioether (sulfide) groups is 1. The van der Waals surface area contributed by atoms with Crippen molar-refractivity contribution in [3.63, 3.8) is 0 Å². The molecule has 0 atom stereocenters. The minimum atomic E-state index is -0.482. The van der Waals surface area contributed by atoms with E-state index in [2.05, 4.69) is 46.4 Å². The van der Waals surface area contributed by atoms with Crippen molar-refractivity contribution < 1.29 is 9.72 Å². The molecule has 31 heavy (non-hydrogen) atoms. The third kappa shape index (κ3) is 5.40. The first-order chi connectivity index (χ1) is 14.9. The van der Waals surface area contributed by atoms with Crippen LogP contribution in [0.3, 0.4) is 0 Å². The molecule has 0 saturated carbocycles. The van der Waals surface area contributed by atoms with Gasteiger partial charge in [0.1, 0.15) is 0 Å². The van der Waals surface area contributed by atoms with E-state index in [0.717, 1.165) is 30.2 Å². The summed E-state index contributed by atoms with van der Waals surface area (Å²) in [4.78, 5) is 24.7. The fraction of sp³-hybridized carbons (Fsp3) is 0.286. The largest absolute Gasteiger partial charge is 0.372 e. The normalized spacial score (nSPS) is 10.7. The Morgan fingerprint density at radius 3 is 2.32 bits per heavy atom. The van der Waals surface area contributed by atoms with Crippen molar-refractivity contribution in [3.8, 4) is 11.4 Å². The van der Waals surface area contributed by atoms with Crippen LogP contribution in [-0.4, -0.2) is 44.4 Å². The number of nitro benzene ring substituents is 1. The maximum Gasteiger partial charge on any atom is 0.269 e. The van der Waals surface area contributed by atoms with Crippen LogP contribution < -0.4 is 10.2 Å². The Morgan fingerprint density at radius 1 is 1.10 bits per heavy atom. The Hall–Kier alpha value is -3.40. The lowest BCUT2D eigenvalue weighted by atomic mass is 10.2. The molecule has 3 aromatic rings. The Kier molecular flexibility index (Phi) is 7.24. The number of amides is 1. The monoisotopic (exact) mass is 440 g/mol. The lowest BCUT2D eigenvalue weighted by molar-refractivity contribution is -0.384. The zero-order chi connectivity index (χ0) is 22.4. The average Bonchev–Trinajstić information content (AvgIpc) is 3.14. The van der Waals surface area contributed by atoms with Crippen LogP contribution in [0.1, 0.15) is 13.8 Å². The number of carbonyl (C=O) groups is 1. The van der Waals surface area contributed by atoms with E-state index < -0.39 is 4.92 Å². The molecule has 0 spiro atoms. The van der Waals surface area contributed by atoms with Gasteiger partial charge < -0.3 is 14.8 Å². The molecule has 0 saturated heterocycles. The Morgan fingerprint density at radius 2 is 1.74 bits per heavy atom. The average molecular weight is 441 g/mol. The van der Waals surface area contributed by atoms with Crippen molar-refractivity contribution in [1.29, 1.82) is 0 Å². The number of hydrogen-bond acceptors (Lipinski definition) is 7. The molecule has 9 nitrogen and oxygen atoms in total. The molecule has 1 amide bonds. The molecule has 2 aromatic carbocycles. The molecule has 0 aliphatic carbocycles. The highest BCUT2D eigenvalue weighted by Gasteiger charge is 2.14. The lowest BCUT2D eigenvalue weighted by Crippen LogP contribution is -2.21. The highest BCUT2D eigenvalue weighted by molar-refractivity contribution is 7.99. The first-order valence-electron chi connectivity index (χ1n) is 9.84. The number of hydrogen-bond donors (Lipinski definition) is 1. The highest BCUT2D eigenvalue weighted by atomic mass is 32.2. The van der Waals surface area contributed by atoms with Gasteiger partial charge in [0, 0.05) is 49.2 Å². The van der Waals surface area contributed by atoms with Crippen molar-refractivity contribution in [1.82, 2.24) is 14.8 Å². The number of nitrogens with one attached hydrogen (secondary N) is 1. The second-order valence-electron chi connectivity index (χ2n) is 6.73. The molecule has 0 bridgehead atoms. The number of carbonyl (C=O) groups excluding carboxylic acids is 1. The van der Waals surface area contributed by atoms with Crippen LogP contribution in [0.5, 0.6) is 0 Å². The van der Waals surface area contributed by atoms with E-state index >= 15 is 0 Å². The standard InChI is InChI=1S/C21H24N6O3S/c1-4-26(5-2)17-10-6-15(7-11-17)20-23-24-21(25(20)3)31-14-19(28)22-16-8-12-18(13-9-16)27(29)30/h6-13H,4-5,14H2,1-3H3,(H,22,28). The van der Waals surface area contributed by atoms with Crippen molar-refractivity contribution in [2.45, 2.75) is 19.0 Å². The summed E-state index contributed by atoms with van der Waals surface area (Å²) in [6.07, 6.45) is 0. The number of nitrogens with zero attached hydrogens (tertiary/aromatic N) is 5. The molecule has 10 heteroatoms. The Balaban J connectivity index is 1.61. The molecule has 0 radical (unpaired) electrons. The van der Waals surface area contributed by atoms with Gasteiger partial charge in [-0.3, -0.25) is 14.9 Å². The third-order valence-corrected chi connectivity index (χ3v) is 5.80. The summed E-state index contributed by atoms with van der Waals surface area (Å²) < 4.78 is 1.86. The van der Waals surface area contributed by atoms with Crippen molar-refractivity contribution in [3.05, 3.63) is 58.6 Å². The van der Waals surface area contributed by atoms with Gasteiger partial charge in [0.25, 0.3) is 5.69 Å². The predicted octanol–water partition coefficient (Wildman–Crippen LogP) is 3.97. The van der Waals surface area contributed by atoms with E-state index in [4.69, 9.17) is 0 Å². The molecule has 1 heterocycles. The van der Waals surface area contributed by atoms with Gasteiger partial charge in [-0.25, -0.2) is 0 Å². The van der Waals surface area contributed by atoms with Gasteiger partial charge in [0.2, 0.25) is 5.91 Å². The third-order valence-electron chi connectivity index (χ3n) is 4.78. The molecule has 3 rings (SSSR count). The Labute approximate surface area is 184 Å². The van der Waals surface area contributed by atoms with Crippen LogP contribution in [0.25, 0.3) is 11.4 Å². The molecule has 162 valence electrons. The predicted molar refractivity (Wildman–Crippen MR) is 122 cm³/mol. The van der Waals surface area contributed by atoms with E-state index in [1.54, 1.807) is 0 Å². The van der Waals surface area contributed by atoms with Crippen LogP contribution in [-0.2, 0) is 11.8 Å². The van der Waals surface area contributed by atoms with Crippen molar-refractivity contribution in [2.75, 3.05) is 29.1 Å². The fourth-order valence-electron chi connectivity index (χ4n) is 3.10. The zero-order valence-corrected chi connectivity index (χ0v) is 18.4. The number of rotatable bonds is 9. The number of nitro groups is 1. The molecule has 0 fully saturated rings. The molecule has 1 aromatic heterocycles. The molecule has 0 aliphatic heterocycles. The lowest BCUT2D eigenvalue weighted by Gasteiger charge is -2.21.